The minimum atomic E-state index is -4.76. The Morgan fingerprint density at radius 3 is 2.69 bits per heavy atom. The Balaban J connectivity index is 1.52. The fourth-order valence-corrected chi connectivity index (χ4v) is 5.31. The van der Waals surface area contributed by atoms with E-state index in [2.05, 4.69) is 15.5 Å². The molecule has 2 heterocycles. The van der Waals surface area contributed by atoms with Crippen molar-refractivity contribution >= 4 is 16.1 Å². The van der Waals surface area contributed by atoms with Crippen LogP contribution in [0.1, 0.15) is 33.1 Å². The van der Waals surface area contributed by atoms with Gasteiger partial charge in [0.2, 0.25) is 5.91 Å². The summed E-state index contributed by atoms with van der Waals surface area (Å²) < 4.78 is 55.6. The van der Waals surface area contributed by atoms with Crippen molar-refractivity contribution in [3.05, 3.63) is 47.6 Å². The average molecular weight is 468 g/mol. The van der Waals surface area contributed by atoms with Gasteiger partial charge in [-0.05, 0) is 63.6 Å². The Morgan fingerprint density at radius 1 is 1.31 bits per heavy atom. The van der Waals surface area contributed by atoms with Crippen molar-refractivity contribution in [1.29, 1.82) is 0 Å². The van der Waals surface area contributed by atoms with Gasteiger partial charge in [0.25, 0.3) is 0 Å². The van der Waals surface area contributed by atoms with Gasteiger partial charge in [0.05, 0.1) is 10.6 Å². The molecule has 0 bridgehead atoms. The minimum Gasteiger partial charge on any atom is -0.489 e. The summed E-state index contributed by atoms with van der Waals surface area (Å²) in [6.07, 6.45) is 2.90. The summed E-state index contributed by atoms with van der Waals surface area (Å²) in [6.45, 7) is 5.52. The molecule has 2 aliphatic heterocycles. The normalized spacial score (nSPS) is 28.8. The number of amides is 1. The number of benzene rings is 1. The van der Waals surface area contributed by atoms with Crippen LogP contribution >= 0.6 is 0 Å². The summed E-state index contributed by atoms with van der Waals surface area (Å²) in [7, 11) is -4.76. The van der Waals surface area contributed by atoms with Crippen LogP contribution in [-0.4, -0.2) is 50.5 Å². The number of fused-ring (bicyclic) bond motifs is 1. The minimum absolute atomic E-state index is 0.153. The molecule has 10 heteroatoms. The number of halogens is 2. The number of carbonyl (C=O) groups is 1. The largest absolute Gasteiger partial charge is 0.489 e. The molecule has 2 fully saturated rings. The van der Waals surface area contributed by atoms with Crippen molar-refractivity contribution in [3.63, 3.8) is 0 Å². The number of likely N-dealkylation sites (tertiary alicyclic amines) is 1. The van der Waals surface area contributed by atoms with E-state index in [0.717, 1.165) is 30.7 Å². The lowest BCUT2D eigenvalue weighted by Gasteiger charge is -2.44. The summed E-state index contributed by atoms with van der Waals surface area (Å²) in [4.78, 5) is 14.8. The van der Waals surface area contributed by atoms with E-state index in [-0.39, 0.29) is 30.2 Å². The highest BCUT2D eigenvalue weighted by molar-refractivity contribution is 7.86. The van der Waals surface area contributed by atoms with Crippen LogP contribution in [0.2, 0.25) is 0 Å². The molecule has 0 saturated carbocycles. The van der Waals surface area contributed by atoms with Crippen LogP contribution in [0.3, 0.4) is 0 Å². The van der Waals surface area contributed by atoms with Gasteiger partial charge in [-0.3, -0.25) is 9.69 Å². The number of ether oxygens (including phenoxy) is 1. The van der Waals surface area contributed by atoms with Crippen molar-refractivity contribution in [2.24, 2.45) is 5.92 Å². The van der Waals surface area contributed by atoms with Crippen molar-refractivity contribution in [3.8, 4) is 5.75 Å². The second-order valence-corrected chi connectivity index (χ2v) is 9.89. The number of hydrogen-bond acceptors (Lipinski definition) is 6. The maximum absolute atomic E-state index is 14.4. The molecule has 0 radical (unpaired) electrons. The van der Waals surface area contributed by atoms with E-state index in [1.54, 1.807) is 0 Å². The highest BCUT2D eigenvalue weighted by atomic mass is 32.3. The zero-order valence-corrected chi connectivity index (χ0v) is 18.8. The lowest BCUT2D eigenvalue weighted by atomic mass is 9.79. The van der Waals surface area contributed by atoms with Crippen molar-refractivity contribution in [2.75, 3.05) is 19.6 Å². The van der Waals surface area contributed by atoms with Gasteiger partial charge >= 0.3 is 10.2 Å². The Kier molecular flexibility index (Phi) is 6.02. The summed E-state index contributed by atoms with van der Waals surface area (Å²) in [5, 5.41) is 6.12. The molecule has 1 aliphatic carbocycles. The number of allylic oxidation sites excluding steroid dienone is 2. The fraction of sp³-hybridized carbons (Fsp3) is 0.500. The molecule has 1 amide bonds. The Morgan fingerprint density at radius 2 is 2.03 bits per heavy atom. The Hall–Kier alpha value is -2.46. The summed E-state index contributed by atoms with van der Waals surface area (Å²) in [5.74, 6) is -0.326. The third-order valence-corrected chi connectivity index (χ3v) is 7.37. The number of hydrogen-bond donors (Lipinski definition) is 2. The quantitative estimate of drug-likeness (QED) is 0.626. The van der Waals surface area contributed by atoms with Gasteiger partial charge < -0.3 is 15.4 Å². The third-order valence-electron chi connectivity index (χ3n) is 6.54. The predicted octanol–water partition coefficient (Wildman–Crippen LogP) is 2.77. The molecule has 3 atom stereocenters. The van der Waals surface area contributed by atoms with Gasteiger partial charge in [-0.2, -0.15) is 8.42 Å². The standard InChI is InChI=1S/C22H27F2N3O4S/c1-3-25-19-12-14(23)11-18-20(19)26-21(28)22(18,2)27-10-4-5-16(13-27)31-15-6-8-17(9-7-15)32(24,29)30/h6-9,12,16,18,25H,3-5,10-11,13H2,1-2H3,(H,26,28)/t16-,18?,22-/m1/s1. The van der Waals surface area contributed by atoms with E-state index >= 15 is 0 Å². The Labute approximate surface area is 186 Å². The van der Waals surface area contributed by atoms with Crippen molar-refractivity contribution < 1.29 is 26.2 Å². The zero-order chi connectivity index (χ0) is 23.1. The van der Waals surface area contributed by atoms with Gasteiger partial charge in [-0.15, -0.1) is 3.89 Å². The summed E-state index contributed by atoms with van der Waals surface area (Å²) in [5.41, 5.74) is 0.424. The van der Waals surface area contributed by atoms with E-state index in [0.29, 0.717) is 31.1 Å². The van der Waals surface area contributed by atoms with Crippen molar-refractivity contribution in [1.82, 2.24) is 15.5 Å². The van der Waals surface area contributed by atoms with Crippen LogP contribution in [0.15, 0.2) is 52.5 Å². The van der Waals surface area contributed by atoms with E-state index < -0.39 is 20.7 Å². The van der Waals surface area contributed by atoms with Gasteiger partial charge in [-0.1, -0.05) is 0 Å². The number of rotatable bonds is 6. The first-order chi connectivity index (χ1) is 15.1. The molecule has 7 nitrogen and oxygen atoms in total. The average Bonchev–Trinajstić information content (AvgIpc) is 3.00. The lowest BCUT2D eigenvalue weighted by molar-refractivity contribution is -0.132. The van der Waals surface area contributed by atoms with Crippen LogP contribution in [-0.2, 0) is 15.0 Å². The second kappa shape index (κ2) is 8.47. The molecule has 1 unspecified atom stereocenters. The SMILES string of the molecule is CCNC1=C2NC(=O)[C@](C)(N3CCC[C@@H](Oc4ccc(S(=O)(=O)F)cc4)C3)C2CC(F)=C1. The molecule has 32 heavy (non-hydrogen) atoms. The molecule has 174 valence electrons. The van der Waals surface area contributed by atoms with Gasteiger partial charge in [0.15, 0.2) is 0 Å². The lowest BCUT2D eigenvalue weighted by Crippen LogP contribution is -2.59. The molecule has 1 aromatic carbocycles. The van der Waals surface area contributed by atoms with Crippen molar-refractivity contribution in [2.45, 2.75) is 49.6 Å². The molecule has 1 aromatic rings. The molecule has 2 saturated heterocycles. The summed E-state index contributed by atoms with van der Waals surface area (Å²) >= 11 is 0. The smallest absolute Gasteiger partial charge is 0.332 e. The molecule has 4 rings (SSSR count). The van der Waals surface area contributed by atoms with Crippen LogP contribution in [0, 0.1) is 5.92 Å². The van der Waals surface area contributed by atoms with Crippen LogP contribution < -0.4 is 15.4 Å². The van der Waals surface area contributed by atoms with E-state index in [4.69, 9.17) is 4.74 Å². The first-order valence-electron chi connectivity index (χ1n) is 10.7. The molecule has 0 aromatic heterocycles. The predicted molar refractivity (Wildman–Crippen MR) is 115 cm³/mol. The molecule has 0 spiro atoms. The fourth-order valence-electron chi connectivity index (χ4n) is 4.85. The maximum atomic E-state index is 14.4. The van der Waals surface area contributed by atoms with Crippen LogP contribution in [0.25, 0.3) is 0 Å². The highest BCUT2D eigenvalue weighted by Gasteiger charge is 2.55. The van der Waals surface area contributed by atoms with E-state index in [1.807, 2.05) is 13.8 Å². The number of likely N-dealkylation sites (N-methyl/N-ethyl adjacent to an activating group) is 1. The highest BCUT2D eigenvalue weighted by Crippen LogP contribution is 2.44. The van der Waals surface area contributed by atoms with Gasteiger partial charge in [0.1, 0.15) is 23.2 Å². The molecular formula is C22H27F2N3O4S. The van der Waals surface area contributed by atoms with Crippen LogP contribution in [0.5, 0.6) is 5.75 Å². The topological polar surface area (TPSA) is 87.7 Å². The Bertz CT molecular complexity index is 1070. The molecular weight excluding hydrogens is 440 g/mol. The number of nitrogens with one attached hydrogen (secondary N) is 2. The zero-order valence-electron chi connectivity index (χ0n) is 18.0. The molecule has 3 aliphatic rings. The number of nitrogens with zero attached hydrogens (tertiary/aromatic N) is 1. The summed E-state index contributed by atoms with van der Waals surface area (Å²) in [6, 6.07) is 5.15. The van der Waals surface area contributed by atoms with Crippen LogP contribution in [0.4, 0.5) is 8.28 Å². The monoisotopic (exact) mass is 467 g/mol. The second-order valence-electron chi connectivity index (χ2n) is 8.54. The number of piperidine rings is 1. The first kappa shape index (κ1) is 22.7. The maximum Gasteiger partial charge on any atom is 0.332 e. The van der Waals surface area contributed by atoms with Gasteiger partial charge in [-0.25, -0.2) is 4.39 Å². The van der Waals surface area contributed by atoms with E-state index in [1.165, 1.54) is 18.2 Å². The third kappa shape index (κ3) is 4.13. The first-order valence-corrected chi connectivity index (χ1v) is 12.1. The number of carbonyl (C=O) groups excluding carboxylic acids is 1. The molecule has 2 N–H and O–H groups in total. The van der Waals surface area contributed by atoms with Gasteiger partial charge in [0, 0.05) is 31.1 Å². The van der Waals surface area contributed by atoms with E-state index in [9.17, 15) is 21.5 Å².